The lowest BCUT2D eigenvalue weighted by Crippen LogP contribution is -2.23. The van der Waals surface area contributed by atoms with Gasteiger partial charge in [0.2, 0.25) is 0 Å². The number of aromatic nitrogens is 2. The minimum absolute atomic E-state index is 0.0202. The van der Waals surface area contributed by atoms with Crippen molar-refractivity contribution < 1.29 is 18.0 Å². The number of amides is 1. The summed E-state index contributed by atoms with van der Waals surface area (Å²) in [5.74, 6) is -2.47. The molecule has 0 saturated carbocycles. The van der Waals surface area contributed by atoms with Gasteiger partial charge in [-0.05, 0) is 45.8 Å². The van der Waals surface area contributed by atoms with E-state index >= 15 is 0 Å². The van der Waals surface area contributed by atoms with Crippen molar-refractivity contribution in [3.05, 3.63) is 75.6 Å². The fraction of sp³-hybridized carbons (Fsp3) is 0.111. The zero-order valence-electron chi connectivity index (χ0n) is 13.6. The molecule has 0 spiro atoms. The molecule has 3 aromatic rings. The molecule has 1 aromatic heterocycles. The molecule has 26 heavy (non-hydrogen) atoms. The van der Waals surface area contributed by atoms with Crippen LogP contribution >= 0.6 is 15.9 Å². The summed E-state index contributed by atoms with van der Waals surface area (Å²) in [4.78, 5) is 12.5. The Morgan fingerprint density at radius 3 is 2.62 bits per heavy atom. The summed E-state index contributed by atoms with van der Waals surface area (Å²) < 4.78 is 42.4. The third kappa shape index (κ3) is 3.80. The molecule has 2 aromatic carbocycles. The fourth-order valence-corrected chi connectivity index (χ4v) is 2.71. The largest absolute Gasteiger partial charge is 0.348 e. The molecule has 0 aliphatic carbocycles. The average Bonchev–Trinajstić information content (AvgIpc) is 2.97. The summed E-state index contributed by atoms with van der Waals surface area (Å²) in [5.41, 5.74) is 0.823. The molecule has 1 amide bonds. The van der Waals surface area contributed by atoms with Crippen molar-refractivity contribution in [2.75, 3.05) is 0 Å². The average molecular weight is 424 g/mol. The van der Waals surface area contributed by atoms with E-state index in [0.29, 0.717) is 10.0 Å². The summed E-state index contributed by atoms with van der Waals surface area (Å²) in [5, 5.41) is 6.75. The van der Waals surface area contributed by atoms with Gasteiger partial charge in [0.15, 0.2) is 0 Å². The van der Waals surface area contributed by atoms with E-state index in [4.69, 9.17) is 0 Å². The fourth-order valence-electron chi connectivity index (χ4n) is 2.46. The molecule has 0 aliphatic heterocycles. The predicted molar refractivity (Wildman–Crippen MR) is 93.8 cm³/mol. The number of benzene rings is 2. The second kappa shape index (κ2) is 7.33. The number of hydrogen-bond acceptors (Lipinski definition) is 2. The quantitative estimate of drug-likeness (QED) is 0.683. The highest BCUT2D eigenvalue weighted by atomic mass is 79.9. The van der Waals surface area contributed by atoms with Crippen LogP contribution in [0, 0.1) is 17.5 Å². The molecular weight excluding hydrogens is 411 g/mol. The van der Waals surface area contributed by atoms with Gasteiger partial charge in [-0.2, -0.15) is 5.10 Å². The first kappa shape index (κ1) is 18.2. The van der Waals surface area contributed by atoms with Crippen LogP contribution < -0.4 is 5.32 Å². The van der Waals surface area contributed by atoms with E-state index in [9.17, 15) is 18.0 Å². The molecule has 1 N–H and O–H groups in total. The predicted octanol–water partition coefficient (Wildman–Crippen LogP) is 4.20. The van der Waals surface area contributed by atoms with Gasteiger partial charge >= 0.3 is 0 Å². The first-order chi connectivity index (χ1) is 12.3. The van der Waals surface area contributed by atoms with Crippen molar-refractivity contribution in [3.63, 3.8) is 0 Å². The lowest BCUT2D eigenvalue weighted by molar-refractivity contribution is 0.0951. The number of carbonyl (C=O) groups excluding carboxylic acids is 1. The number of hydrogen-bond donors (Lipinski definition) is 1. The van der Waals surface area contributed by atoms with Crippen LogP contribution in [0.15, 0.2) is 47.1 Å². The van der Waals surface area contributed by atoms with E-state index in [1.165, 1.54) is 23.0 Å². The number of nitrogens with one attached hydrogen (secondary N) is 1. The summed E-state index contributed by atoms with van der Waals surface area (Å²) in [7, 11) is 1.59. The van der Waals surface area contributed by atoms with Crippen LogP contribution in [0.2, 0.25) is 0 Å². The van der Waals surface area contributed by atoms with Crippen molar-refractivity contribution in [3.8, 4) is 11.3 Å². The van der Waals surface area contributed by atoms with Crippen LogP contribution in [-0.4, -0.2) is 15.7 Å². The highest BCUT2D eigenvalue weighted by Crippen LogP contribution is 2.25. The second-order valence-electron chi connectivity index (χ2n) is 5.62. The normalized spacial score (nSPS) is 10.8. The van der Waals surface area contributed by atoms with Gasteiger partial charge in [-0.1, -0.05) is 6.07 Å². The molecule has 4 nitrogen and oxygen atoms in total. The third-order valence-corrected chi connectivity index (χ3v) is 4.34. The van der Waals surface area contributed by atoms with Crippen LogP contribution in [0.4, 0.5) is 13.2 Å². The zero-order valence-corrected chi connectivity index (χ0v) is 15.1. The lowest BCUT2D eigenvalue weighted by Gasteiger charge is -2.07. The molecule has 134 valence electrons. The molecule has 0 radical (unpaired) electrons. The van der Waals surface area contributed by atoms with Crippen molar-refractivity contribution in [1.29, 1.82) is 0 Å². The summed E-state index contributed by atoms with van der Waals surface area (Å²) in [6.45, 7) is 0.0866. The van der Waals surface area contributed by atoms with E-state index in [1.807, 2.05) is 0 Å². The van der Waals surface area contributed by atoms with E-state index in [-0.39, 0.29) is 23.4 Å². The molecule has 8 heteroatoms. The number of nitrogens with zero attached hydrogens (tertiary/aromatic N) is 2. The van der Waals surface area contributed by atoms with Crippen LogP contribution in [0.25, 0.3) is 11.3 Å². The topological polar surface area (TPSA) is 46.9 Å². The Kier molecular flexibility index (Phi) is 5.13. The van der Waals surface area contributed by atoms with Crippen LogP contribution in [0.3, 0.4) is 0 Å². The smallest absolute Gasteiger partial charge is 0.255 e. The number of aryl methyl sites for hydroxylation is 1. The Hall–Kier alpha value is -2.61. The highest BCUT2D eigenvalue weighted by molar-refractivity contribution is 9.10. The third-order valence-electron chi connectivity index (χ3n) is 3.70. The number of rotatable bonds is 4. The van der Waals surface area contributed by atoms with Crippen molar-refractivity contribution in [2.24, 2.45) is 7.05 Å². The molecule has 0 atom stereocenters. The van der Waals surface area contributed by atoms with Gasteiger partial charge in [-0.3, -0.25) is 9.48 Å². The van der Waals surface area contributed by atoms with Crippen molar-refractivity contribution in [1.82, 2.24) is 15.1 Å². The van der Waals surface area contributed by atoms with Gasteiger partial charge in [0.25, 0.3) is 5.91 Å². The standard InChI is InChI=1S/C18H13BrF3N3O/c1-25-9-13(17(24-25)12-4-3-11(20)7-15(12)21)18(26)23-8-10-2-5-14(19)16(22)6-10/h2-7,9H,8H2,1H3,(H,23,26). The Morgan fingerprint density at radius 1 is 1.15 bits per heavy atom. The first-order valence-corrected chi connectivity index (χ1v) is 8.35. The Morgan fingerprint density at radius 2 is 1.92 bits per heavy atom. The van der Waals surface area contributed by atoms with Crippen LogP contribution in [-0.2, 0) is 13.6 Å². The molecule has 0 aliphatic rings. The van der Waals surface area contributed by atoms with Crippen molar-refractivity contribution >= 4 is 21.8 Å². The molecule has 0 fully saturated rings. The van der Waals surface area contributed by atoms with E-state index in [2.05, 4.69) is 26.3 Å². The maximum absolute atomic E-state index is 14.1. The molecule has 1 heterocycles. The van der Waals surface area contributed by atoms with E-state index in [1.54, 1.807) is 19.2 Å². The molecule has 0 saturated heterocycles. The zero-order chi connectivity index (χ0) is 18.8. The summed E-state index contributed by atoms with van der Waals surface area (Å²) >= 11 is 3.06. The first-order valence-electron chi connectivity index (χ1n) is 7.56. The lowest BCUT2D eigenvalue weighted by atomic mass is 10.1. The van der Waals surface area contributed by atoms with E-state index in [0.717, 1.165) is 12.1 Å². The maximum Gasteiger partial charge on any atom is 0.255 e. The monoisotopic (exact) mass is 423 g/mol. The second-order valence-corrected chi connectivity index (χ2v) is 6.47. The number of halogens is 4. The van der Waals surface area contributed by atoms with Gasteiger partial charge in [0.05, 0.1) is 10.0 Å². The maximum atomic E-state index is 14.1. The molecule has 0 unspecified atom stereocenters. The minimum Gasteiger partial charge on any atom is -0.348 e. The Labute approximate surface area is 155 Å². The minimum atomic E-state index is -0.812. The van der Waals surface area contributed by atoms with Gasteiger partial charge in [0, 0.05) is 31.4 Å². The molecule has 0 bridgehead atoms. The van der Waals surface area contributed by atoms with Gasteiger partial charge in [-0.15, -0.1) is 0 Å². The van der Waals surface area contributed by atoms with Crippen LogP contribution in [0.1, 0.15) is 15.9 Å². The SMILES string of the molecule is Cn1cc(C(=O)NCc2ccc(Br)c(F)c2)c(-c2ccc(F)cc2F)n1. The van der Waals surface area contributed by atoms with Gasteiger partial charge < -0.3 is 5.32 Å². The Bertz CT molecular complexity index is 988. The molecule has 3 rings (SSSR count). The van der Waals surface area contributed by atoms with Crippen LogP contribution in [0.5, 0.6) is 0 Å². The molecular formula is C18H13BrF3N3O. The highest BCUT2D eigenvalue weighted by Gasteiger charge is 2.20. The Balaban J connectivity index is 1.84. The van der Waals surface area contributed by atoms with E-state index < -0.39 is 23.4 Å². The number of carbonyl (C=O) groups is 1. The summed E-state index contributed by atoms with van der Waals surface area (Å²) in [6, 6.07) is 7.56. The van der Waals surface area contributed by atoms with Gasteiger partial charge in [-0.25, -0.2) is 13.2 Å². The van der Waals surface area contributed by atoms with Crippen molar-refractivity contribution in [2.45, 2.75) is 6.54 Å². The van der Waals surface area contributed by atoms with Gasteiger partial charge in [0.1, 0.15) is 23.1 Å². The summed E-state index contributed by atoms with van der Waals surface area (Å²) in [6.07, 6.45) is 1.44.